The monoisotopic (exact) mass is 201 g/mol. The molecule has 0 amide bonds. The minimum atomic E-state index is 0.270. The maximum atomic E-state index is 8.94. The van der Waals surface area contributed by atoms with Gasteiger partial charge in [0.1, 0.15) is 0 Å². The molecule has 0 aliphatic heterocycles. The van der Waals surface area contributed by atoms with Crippen LogP contribution in [0.3, 0.4) is 0 Å². The second kappa shape index (κ2) is 9.47. The molecule has 0 saturated heterocycles. The minimum Gasteiger partial charge on any atom is -0.395 e. The Morgan fingerprint density at radius 3 is 2.21 bits per heavy atom. The zero-order valence-electron chi connectivity index (χ0n) is 10.1. The van der Waals surface area contributed by atoms with Crippen LogP contribution in [0.5, 0.6) is 0 Å². The number of likely N-dealkylation sites (N-methyl/N-ethyl adjacent to an activating group) is 1. The average molecular weight is 201 g/mol. The van der Waals surface area contributed by atoms with Gasteiger partial charge in [-0.1, -0.05) is 39.0 Å². The van der Waals surface area contributed by atoms with Gasteiger partial charge in [-0.2, -0.15) is 0 Å². The van der Waals surface area contributed by atoms with Crippen LogP contribution in [0.4, 0.5) is 0 Å². The summed E-state index contributed by atoms with van der Waals surface area (Å²) >= 11 is 0. The first-order valence-corrected chi connectivity index (χ1v) is 6.03. The summed E-state index contributed by atoms with van der Waals surface area (Å²) in [6, 6.07) is 0.311. The molecule has 0 aliphatic carbocycles. The van der Waals surface area contributed by atoms with Gasteiger partial charge in [0, 0.05) is 6.04 Å². The lowest BCUT2D eigenvalue weighted by Crippen LogP contribution is -2.32. The molecule has 0 aromatic heterocycles. The SMILES string of the molecule is CCCCCCCCN(C)C(C)CO. The van der Waals surface area contributed by atoms with Gasteiger partial charge in [-0.05, 0) is 26.9 Å². The van der Waals surface area contributed by atoms with Gasteiger partial charge in [-0.3, -0.25) is 0 Å². The first kappa shape index (κ1) is 13.9. The standard InChI is InChI=1S/C12H27NO/c1-4-5-6-7-8-9-10-13(3)12(2)11-14/h12,14H,4-11H2,1-3H3. The van der Waals surface area contributed by atoms with E-state index in [2.05, 4.69) is 25.8 Å². The van der Waals surface area contributed by atoms with Crippen LogP contribution in [0.25, 0.3) is 0 Å². The van der Waals surface area contributed by atoms with Crippen molar-refractivity contribution in [1.29, 1.82) is 0 Å². The summed E-state index contributed by atoms with van der Waals surface area (Å²) in [5.41, 5.74) is 0. The van der Waals surface area contributed by atoms with E-state index in [1.807, 2.05) is 0 Å². The zero-order chi connectivity index (χ0) is 10.8. The van der Waals surface area contributed by atoms with Crippen LogP contribution in [-0.2, 0) is 0 Å². The van der Waals surface area contributed by atoms with Gasteiger partial charge in [0.25, 0.3) is 0 Å². The summed E-state index contributed by atoms with van der Waals surface area (Å²) in [7, 11) is 2.09. The predicted molar refractivity (Wildman–Crippen MR) is 62.6 cm³/mol. The second-order valence-corrected chi connectivity index (χ2v) is 4.28. The highest BCUT2D eigenvalue weighted by Crippen LogP contribution is 2.06. The van der Waals surface area contributed by atoms with Crippen LogP contribution in [-0.4, -0.2) is 36.2 Å². The molecule has 0 rings (SSSR count). The van der Waals surface area contributed by atoms with Gasteiger partial charge in [0.2, 0.25) is 0 Å². The van der Waals surface area contributed by atoms with Crippen LogP contribution in [0.2, 0.25) is 0 Å². The number of aliphatic hydroxyl groups is 1. The molecule has 14 heavy (non-hydrogen) atoms. The summed E-state index contributed by atoms with van der Waals surface area (Å²) in [6.07, 6.45) is 8.06. The molecule has 0 aromatic carbocycles. The minimum absolute atomic E-state index is 0.270. The number of rotatable bonds is 9. The van der Waals surface area contributed by atoms with E-state index in [9.17, 15) is 0 Å². The summed E-state index contributed by atoms with van der Waals surface area (Å²) in [5, 5.41) is 8.94. The molecule has 1 N–H and O–H groups in total. The summed E-state index contributed by atoms with van der Waals surface area (Å²) in [4.78, 5) is 2.24. The molecule has 0 heterocycles. The van der Waals surface area contributed by atoms with E-state index >= 15 is 0 Å². The van der Waals surface area contributed by atoms with Crippen molar-refractivity contribution in [1.82, 2.24) is 4.90 Å². The number of aliphatic hydroxyl groups excluding tert-OH is 1. The Morgan fingerprint density at radius 2 is 1.64 bits per heavy atom. The van der Waals surface area contributed by atoms with Crippen molar-refractivity contribution in [3.8, 4) is 0 Å². The lowest BCUT2D eigenvalue weighted by molar-refractivity contribution is 0.157. The van der Waals surface area contributed by atoms with E-state index in [1.165, 1.54) is 38.5 Å². The molecule has 0 aromatic rings. The summed E-state index contributed by atoms with van der Waals surface area (Å²) in [6.45, 7) is 5.70. The lowest BCUT2D eigenvalue weighted by atomic mass is 10.1. The highest BCUT2D eigenvalue weighted by Gasteiger charge is 2.05. The molecule has 1 unspecified atom stereocenters. The average Bonchev–Trinajstić information content (AvgIpc) is 2.21. The fourth-order valence-corrected chi connectivity index (χ4v) is 1.50. The fourth-order valence-electron chi connectivity index (χ4n) is 1.50. The van der Waals surface area contributed by atoms with E-state index in [-0.39, 0.29) is 6.61 Å². The Balaban J connectivity index is 3.18. The van der Waals surface area contributed by atoms with Gasteiger partial charge >= 0.3 is 0 Å². The van der Waals surface area contributed by atoms with Gasteiger partial charge in [-0.15, -0.1) is 0 Å². The third kappa shape index (κ3) is 7.34. The molecule has 1 atom stereocenters. The Hall–Kier alpha value is -0.0800. The molecule has 0 aliphatic rings. The number of hydrogen-bond donors (Lipinski definition) is 1. The molecule has 2 heteroatoms. The van der Waals surface area contributed by atoms with Crippen molar-refractivity contribution < 1.29 is 5.11 Å². The molecular weight excluding hydrogens is 174 g/mol. The summed E-state index contributed by atoms with van der Waals surface area (Å²) in [5.74, 6) is 0. The molecule has 0 saturated carbocycles. The fraction of sp³-hybridized carbons (Fsp3) is 1.00. The first-order valence-electron chi connectivity index (χ1n) is 6.03. The summed E-state index contributed by atoms with van der Waals surface area (Å²) < 4.78 is 0. The van der Waals surface area contributed by atoms with E-state index in [4.69, 9.17) is 5.11 Å². The Labute approximate surface area is 89.3 Å². The highest BCUT2D eigenvalue weighted by atomic mass is 16.3. The van der Waals surface area contributed by atoms with Crippen molar-refractivity contribution in [2.24, 2.45) is 0 Å². The van der Waals surface area contributed by atoms with Crippen molar-refractivity contribution in [2.75, 3.05) is 20.2 Å². The van der Waals surface area contributed by atoms with Crippen molar-refractivity contribution >= 4 is 0 Å². The topological polar surface area (TPSA) is 23.5 Å². The van der Waals surface area contributed by atoms with Gasteiger partial charge in [0.05, 0.1) is 6.61 Å². The van der Waals surface area contributed by atoms with Crippen LogP contribution in [0.1, 0.15) is 52.4 Å². The lowest BCUT2D eigenvalue weighted by Gasteiger charge is -2.22. The van der Waals surface area contributed by atoms with Crippen LogP contribution in [0, 0.1) is 0 Å². The van der Waals surface area contributed by atoms with Gasteiger partial charge in [-0.25, -0.2) is 0 Å². The Morgan fingerprint density at radius 1 is 1.07 bits per heavy atom. The van der Waals surface area contributed by atoms with Crippen molar-refractivity contribution in [3.63, 3.8) is 0 Å². The maximum Gasteiger partial charge on any atom is 0.0584 e. The van der Waals surface area contributed by atoms with Gasteiger partial charge < -0.3 is 10.0 Å². The Kier molecular flexibility index (Phi) is 9.42. The van der Waals surface area contributed by atoms with Crippen LogP contribution >= 0.6 is 0 Å². The molecule has 2 nitrogen and oxygen atoms in total. The molecular formula is C12H27NO. The molecule has 86 valence electrons. The predicted octanol–water partition coefficient (Wildman–Crippen LogP) is 2.66. The maximum absolute atomic E-state index is 8.94. The van der Waals surface area contributed by atoms with Crippen LogP contribution in [0.15, 0.2) is 0 Å². The Bertz CT molecular complexity index is 117. The third-order valence-electron chi connectivity index (χ3n) is 2.88. The normalized spacial score (nSPS) is 13.5. The van der Waals surface area contributed by atoms with Crippen molar-refractivity contribution in [3.05, 3.63) is 0 Å². The molecule has 0 bridgehead atoms. The largest absolute Gasteiger partial charge is 0.395 e. The molecule has 0 fully saturated rings. The van der Waals surface area contributed by atoms with E-state index in [1.54, 1.807) is 0 Å². The molecule has 0 radical (unpaired) electrons. The first-order chi connectivity index (χ1) is 6.72. The number of nitrogens with zero attached hydrogens (tertiary/aromatic N) is 1. The van der Waals surface area contributed by atoms with E-state index in [0.717, 1.165) is 6.54 Å². The third-order valence-corrected chi connectivity index (χ3v) is 2.88. The van der Waals surface area contributed by atoms with Crippen molar-refractivity contribution in [2.45, 2.75) is 58.4 Å². The smallest absolute Gasteiger partial charge is 0.0584 e. The zero-order valence-corrected chi connectivity index (χ0v) is 10.1. The number of hydrogen-bond acceptors (Lipinski definition) is 2. The highest BCUT2D eigenvalue weighted by molar-refractivity contribution is 4.60. The van der Waals surface area contributed by atoms with E-state index in [0.29, 0.717) is 6.04 Å². The second-order valence-electron chi connectivity index (χ2n) is 4.28. The molecule has 0 spiro atoms. The van der Waals surface area contributed by atoms with Gasteiger partial charge in [0.15, 0.2) is 0 Å². The quantitative estimate of drug-likeness (QED) is 0.580. The van der Waals surface area contributed by atoms with E-state index < -0.39 is 0 Å². The number of unbranched alkanes of at least 4 members (excludes halogenated alkanes) is 5. The van der Waals surface area contributed by atoms with Crippen LogP contribution < -0.4 is 0 Å².